The summed E-state index contributed by atoms with van der Waals surface area (Å²) < 4.78 is 1.83. The third-order valence-electron chi connectivity index (χ3n) is 5.74. The first kappa shape index (κ1) is 17.6. The number of fused-ring (bicyclic) bond motifs is 3. The maximum Gasteiger partial charge on any atom is 0.318 e. The van der Waals surface area contributed by atoms with Gasteiger partial charge in [-0.15, -0.1) is 0 Å². The number of amides is 2. The summed E-state index contributed by atoms with van der Waals surface area (Å²) in [6, 6.07) is 8.45. The van der Waals surface area contributed by atoms with Crippen LogP contribution >= 0.6 is 0 Å². The Hall–Kier alpha value is -2.76. The summed E-state index contributed by atoms with van der Waals surface area (Å²) in [4.78, 5) is 18.6. The molecule has 2 N–H and O–H groups in total. The van der Waals surface area contributed by atoms with Gasteiger partial charge in [0.1, 0.15) is 0 Å². The SMILES string of the molecule is Cc1c(CNC(=O)N2CCc3c([nH]c4ccccc34)[C@H]2C(C)C)cnn1C. The van der Waals surface area contributed by atoms with Gasteiger partial charge in [0.15, 0.2) is 0 Å². The summed E-state index contributed by atoms with van der Waals surface area (Å²) >= 11 is 0. The monoisotopic (exact) mass is 365 g/mol. The lowest BCUT2D eigenvalue weighted by Gasteiger charge is -2.38. The van der Waals surface area contributed by atoms with E-state index in [9.17, 15) is 4.79 Å². The Morgan fingerprint density at radius 3 is 2.85 bits per heavy atom. The van der Waals surface area contributed by atoms with Crippen LogP contribution in [0.5, 0.6) is 0 Å². The van der Waals surface area contributed by atoms with Crippen LogP contribution in [0.15, 0.2) is 30.5 Å². The van der Waals surface area contributed by atoms with Gasteiger partial charge in [0, 0.05) is 48.0 Å². The standard InChI is InChI=1S/C21H27N5O/c1-13(2)20-19-17(16-7-5-6-8-18(16)24-19)9-10-26(20)21(27)22-11-15-12-23-25(4)14(15)3/h5-8,12-13,20,24H,9-11H2,1-4H3,(H,22,27)/t20-/m1/s1. The summed E-state index contributed by atoms with van der Waals surface area (Å²) in [7, 11) is 1.91. The van der Waals surface area contributed by atoms with Gasteiger partial charge in [0.25, 0.3) is 0 Å². The van der Waals surface area contributed by atoms with E-state index in [0.29, 0.717) is 12.5 Å². The second kappa shape index (κ2) is 6.76. The second-order valence-electron chi connectivity index (χ2n) is 7.73. The van der Waals surface area contributed by atoms with Crippen LogP contribution in [0.1, 0.15) is 42.4 Å². The molecule has 1 aliphatic heterocycles. The molecule has 0 unspecified atom stereocenters. The number of carbonyl (C=O) groups is 1. The van der Waals surface area contributed by atoms with Gasteiger partial charge < -0.3 is 15.2 Å². The van der Waals surface area contributed by atoms with Crippen molar-refractivity contribution in [1.29, 1.82) is 0 Å². The van der Waals surface area contributed by atoms with Crippen LogP contribution in [0, 0.1) is 12.8 Å². The quantitative estimate of drug-likeness (QED) is 0.744. The highest BCUT2D eigenvalue weighted by molar-refractivity contribution is 5.86. The zero-order valence-electron chi connectivity index (χ0n) is 16.4. The normalized spacial score (nSPS) is 16.8. The fraction of sp³-hybridized carbons (Fsp3) is 0.429. The Morgan fingerprint density at radius 2 is 2.15 bits per heavy atom. The molecule has 6 nitrogen and oxygen atoms in total. The molecule has 3 heterocycles. The molecule has 0 spiro atoms. The van der Waals surface area contributed by atoms with Gasteiger partial charge >= 0.3 is 6.03 Å². The lowest BCUT2D eigenvalue weighted by molar-refractivity contribution is 0.146. The minimum absolute atomic E-state index is 0.0127. The van der Waals surface area contributed by atoms with E-state index in [1.807, 2.05) is 29.7 Å². The molecule has 0 saturated carbocycles. The molecule has 4 rings (SSSR count). The van der Waals surface area contributed by atoms with Gasteiger partial charge in [-0.2, -0.15) is 5.10 Å². The molecule has 3 aromatic rings. The summed E-state index contributed by atoms with van der Waals surface area (Å²) in [6.45, 7) is 7.60. The highest BCUT2D eigenvalue weighted by Crippen LogP contribution is 2.38. The van der Waals surface area contributed by atoms with Crippen LogP contribution in [-0.4, -0.2) is 32.2 Å². The van der Waals surface area contributed by atoms with E-state index in [1.165, 1.54) is 16.6 Å². The predicted molar refractivity (Wildman–Crippen MR) is 106 cm³/mol. The number of aromatic amines is 1. The largest absolute Gasteiger partial charge is 0.356 e. The van der Waals surface area contributed by atoms with E-state index >= 15 is 0 Å². The molecule has 1 aromatic carbocycles. The molecule has 2 aromatic heterocycles. The summed E-state index contributed by atoms with van der Waals surface area (Å²) in [5.41, 5.74) is 5.82. The van der Waals surface area contributed by atoms with E-state index in [0.717, 1.165) is 29.7 Å². The number of aryl methyl sites for hydroxylation is 1. The molecule has 0 fully saturated rings. The van der Waals surface area contributed by atoms with Crippen molar-refractivity contribution in [3.05, 3.63) is 53.0 Å². The van der Waals surface area contributed by atoms with Crippen molar-refractivity contribution >= 4 is 16.9 Å². The van der Waals surface area contributed by atoms with Crippen molar-refractivity contribution in [3.8, 4) is 0 Å². The van der Waals surface area contributed by atoms with Crippen molar-refractivity contribution < 1.29 is 4.79 Å². The number of rotatable bonds is 3. The van der Waals surface area contributed by atoms with Crippen LogP contribution in [0.4, 0.5) is 4.79 Å². The molecule has 142 valence electrons. The van der Waals surface area contributed by atoms with Crippen molar-refractivity contribution in [2.24, 2.45) is 13.0 Å². The number of H-pyrrole nitrogens is 1. The van der Waals surface area contributed by atoms with Gasteiger partial charge in [-0.05, 0) is 30.9 Å². The molecular weight excluding hydrogens is 338 g/mol. The molecule has 6 heteroatoms. The average molecular weight is 365 g/mol. The minimum Gasteiger partial charge on any atom is -0.356 e. The molecule has 0 radical (unpaired) electrons. The molecule has 0 aliphatic carbocycles. The summed E-state index contributed by atoms with van der Waals surface area (Å²) in [5.74, 6) is 0.322. The molecule has 0 saturated heterocycles. The molecular formula is C21H27N5O. The predicted octanol–water partition coefficient (Wildman–Crippen LogP) is 3.67. The summed E-state index contributed by atoms with van der Waals surface area (Å²) in [6.07, 6.45) is 2.70. The van der Waals surface area contributed by atoms with Gasteiger partial charge in [-0.1, -0.05) is 32.0 Å². The van der Waals surface area contributed by atoms with Crippen molar-refractivity contribution in [1.82, 2.24) is 25.0 Å². The Bertz CT molecular complexity index is 984. The number of benzene rings is 1. The van der Waals surface area contributed by atoms with Crippen molar-refractivity contribution in [2.75, 3.05) is 6.54 Å². The van der Waals surface area contributed by atoms with E-state index in [4.69, 9.17) is 0 Å². The van der Waals surface area contributed by atoms with Crippen LogP contribution in [0.2, 0.25) is 0 Å². The van der Waals surface area contributed by atoms with E-state index in [2.05, 4.69) is 53.5 Å². The Kier molecular flexibility index (Phi) is 4.42. The number of hydrogen-bond acceptors (Lipinski definition) is 2. The van der Waals surface area contributed by atoms with E-state index in [1.54, 1.807) is 0 Å². The van der Waals surface area contributed by atoms with E-state index < -0.39 is 0 Å². The minimum atomic E-state index is -0.0127. The average Bonchev–Trinajstić information content (AvgIpc) is 3.19. The van der Waals surface area contributed by atoms with Crippen LogP contribution < -0.4 is 5.32 Å². The second-order valence-corrected chi connectivity index (χ2v) is 7.73. The van der Waals surface area contributed by atoms with Crippen LogP contribution in [-0.2, 0) is 20.0 Å². The Labute approximate surface area is 159 Å². The highest BCUT2D eigenvalue weighted by atomic mass is 16.2. The number of nitrogens with zero attached hydrogens (tertiary/aromatic N) is 3. The number of hydrogen-bond donors (Lipinski definition) is 2. The number of aromatic nitrogens is 3. The number of para-hydroxylation sites is 1. The molecule has 2 amide bonds. The van der Waals surface area contributed by atoms with Crippen molar-refractivity contribution in [2.45, 2.75) is 39.8 Å². The highest BCUT2D eigenvalue weighted by Gasteiger charge is 2.35. The fourth-order valence-corrected chi connectivity index (χ4v) is 4.18. The lowest BCUT2D eigenvalue weighted by atomic mass is 9.90. The van der Waals surface area contributed by atoms with Gasteiger partial charge in [-0.3, -0.25) is 4.68 Å². The zero-order valence-corrected chi connectivity index (χ0v) is 16.4. The Morgan fingerprint density at radius 1 is 1.37 bits per heavy atom. The van der Waals surface area contributed by atoms with Crippen LogP contribution in [0.25, 0.3) is 10.9 Å². The Balaban J connectivity index is 1.59. The van der Waals surface area contributed by atoms with Gasteiger partial charge in [-0.25, -0.2) is 4.79 Å². The maximum atomic E-state index is 13.0. The molecule has 27 heavy (non-hydrogen) atoms. The van der Waals surface area contributed by atoms with E-state index in [-0.39, 0.29) is 12.1 Å². The van der Waals surface area contributed by atoms with Gasteiger partial charge in [0.05, 0.1) is 12.2 Å². The number of urea groups is 1. The fourth-order valence-electron chi connectivity index (χ4n) is 4.18. The van der Waals surface area contributed by atoms with Gasteiger partial charge in [0.2, 0.25) is 0 Å². The van der Waals surface area contributed by atoms with Crippen LogP contribution in [0.3, 0.4) is 0 Å². The number of nitrogens with one attached hydrogen (secondary N) is 2. The molecule has 1 aliphatic rings. The first-order valence-corrected chi connectivity index (χ1v) is 9.58. The molecule has 0 bridgehead atoms. The summed E-state index contributed by atoms with van der Waals surface area (Å²) in [5, 5.41) is 8.62. The first-order valence-electron chi connectivity index (χ1n) is 9.58. The first-order chi connectivity index (χ1) is 13.0. The maximum absolute atomic E-state index is 13.0. The topological polar surface area (TPSA) is 66.0 Å². The third kappa shape index (κ3) is 2.99. The molecule has 1 atom stereocenters. The van der Waals surface area contributed by atoms with Crippen molar-refractivity contribution in [3.63, 3.8) is 0 Å². The number of carbonyl (C=O) groups excluding carboxylic acids is 1. The lowest BCUT2D eigenvalue weighted by Crippen LogP contribution is -2.47. The smallest absolute Gasteiger partial charge is 0.318 e. The third-order valence-corrected chi connectivity index (χ3v) is 5.74. The zero-order chi connectivity index (χ0) is 19.1.